The lowest BCUT2D eigenvalue weighted by molar-refractivity contribution is 0.0525. The molecule has 0 aromatic heterocycles. The van der Waals surface area contributed by atoms with Crippen molar-refractivity contribution in [3.63, 3.8) is 0 Å². The molecule has 0 saturated heterocycles. The molecule has 92 valence electrons. The zero-order valence-electron chi connectivity index (χ0n) is 10.4. The van der Waals surface area contributed by atoms with Gasteiger partial charge in [-0.25, -0.2) is 0 Å². The van der Waals surface area contributed by atoms with Crippen LogP contribution in [0.3, 0.4) is 0 Å². The van der Waals surface area contributed by atoms with Gasteiger partial charge in [0.05, 0.1) is 13.2 Å². The fraction of sp³-hybridized carbons (Fsp3) is 1.00. The Hall–Kier alpha value is 0.110. The van der Waals surface area contributed by atoms with E-state index in [9.17, 15) is 4.57 Å². The molecular formula is C10H23O4P. The van der Waals surface area contributed by atoms with Crippen LogP contribution in [-0.2, 0) is 18.3 Å². The summed E-state index contributed by atoms with van der Waals surface area (Å²) in [7, 11) is -3.12. The van der Waals surface area contributed by atoms with Crippen molar-refractivity contribution in [3.8, 4) is 0 Å². The predicted molar refractivity (Wildman–Crippen MR) is 61.1 cm³/mol. The topological polar surface area (TPSA) is 44.8 Å². The van der Waals surface area contributed by atoms with Crippen molar-refractivity contribution in [2.75, 3.05) is 19.8 Å². The summed E-state index contributed by atoms with van der Waals surface area (Å²) >= 11 is 0. The zero-order chi connectivity index (χ0) is 11.9. The van der Waals surface area contributed by atoms with Gasteiger partial charge in [-0.3, -0.25) is 4.57 Å². The van der Waals surface area contributed by atoms with Gasteiger partial charge in [0.2, 0.25) is 0 Å². The van der Waals surface area contributed by atoms with Gasteiger partial charge >= 0.3 is 7.60 Å². The number of hydrogen-bond donors (Lipinski definition) is 0. The van der Waals surface area contributed by atoms with Gasteiger partial charge in [-0.1, -0.05) is 13.8 Å². The standard InChI is InChI=1S/C10H23O4P/c1-6-12-10(9(4)5)15(11,13-7-2)14-8-3/h9-10H,6-8H2,1-5H3. The van der Waals surface area contributed by atoms with Crippen molar-refractivity contribution in [1.82, 2.24) is 0 Å². The Morgan fingerprint density at radius 2 is 1.47 bits per heavy atom. The van der Waals surface area contributed by atoms with Gasteiger partial charge < -0.3 is 13.8 Å². The maximum atomic E-state index is 12.4. The number of ether oxygens (including phenoxy) is 1. The van der Waals surface area contributed by atoms with Crippen molar-refractivity contribution < 1.29 is 18.3 Å². The smallest absolute Gasteiger partial charge is 0.359 e. The molecular weight excluding hydrogens is 215 g/mol. The summed E-state index contributed by atoms with van der Waals surface area (Å²) in [6, 6.07) is 0. The third kappa shape index (κ3) is 4.64. The van der Waals surface area contributed by atoms with Gasteiger partial charge in [0, 0.05) is 6.61 Å². The minimum absolute atomic E-state index is 0.105. The van der Waals surface area contributed by atoms with Crippen LogP contribution in [-0.4, -0.2) is 25.7 Å². The second-order valence-corrected chi connectivity index (χ2v) is 5.57. The third-order valence-electron chi connectivity index (χ3n) is 1.84. The summed E-state index contributed by atoms with van der Waals surface area (Å²) in [5, 5.41) is 0. The molecule has 0 aliphatic heterocycles. The summed E-state index contributed by atoms with van der Waals surface area (Å²) in [6.45, 7) is 10.6. The molecule has 0 aliphatic rings. The van der Waals surface area contributed by atoms with E-state index in [-0.39, 0.29) is 5.92 Å². The second-order valence-electron chi connectivity index (χ2n) is 3.47. The Balaban J connectivity index is 4.73. The largest absolute Gasteiger partial charge is 0.366 e. The second kappa shape index (κ2) is 7.39. The van der Waals surface area contributed by atoms with Crippen molar-refractivity contribution in [1.29, 1.82) is 0 Å². The summed E-state index contributed by atoms with van der Waals surface area (Å²) in [5.74, 6) is -0.365. The predicted octanol–water partition coefficient (Wildman–Crippen LogP) is 3.27. The summed E-state index contributed by atoms with van der Waals surface area (Å²) in [4.78, 5) is 0. The van der Waals surface area contributed by atoms with Gasteiger partial charge in [-0.05, 0) is 26.7 Å². The van der Waals surface area contributed by atoms with Crippen LogP contribution in [0.25, 0.3) is 0 Å². The maximum absolute atomic E-state index is 12.4. The van der Waals surface area contributed by atoms with Crippen LogP contribution in [0, 0.1) is 5.92 Å². The number of rotatable bonds is 8. The van der Waals surface area contributed by atoms with E-state index in [0.29, 0.717) is 19.8 Å². The van der Waals surface area contributed by atoms with Crippen LogP contribution in [0.15, 0.2) is 0 Å². The lowest BCUT2D eigenvalue weighted by atomic mass is 10.2. The first kappa shape index (κ1) is 15.1. The lowest BCUT2D eigenvalue weighted by Crippen LogP contribution is -2.23. The fourth-order valence-corrected chi connectivity index (χ4v) is 3.51. The van der Waals surface area contributed by atoms with Crippen LogP contribution in [0.2, 0.25) is 0 Å². The van der Waals surface area contributed by atoms with Gasteiger partial charge in [0.1, 0.15) is 0 Å². The third-order valence-corrected chi connectivity index (χ3v) is 4.44. The molecule has 1 atom stereocenters. The van der Waals surface area contributed by atoms with Crippen LogP contribution < -0.4 is 0 Å². The molecule has 0 N–H and O–H groups in total. The molecule has 0 saturated carbocycles. The van der Waals surface area contributed by atoms with Crippen molar-refractivity contribution >= 4 is 7.60 Å². The highest BCUT2D eigenvalue weighted by molar-refractivity contribution is 7.54. The van der Waals surface area contributed by atoms with Crippen LogP contribution >= 0.6 is 7.60 Å². The van der Waals surface area contributed by atoms with E-state index in [1.54, 1.807) is 13.8 Å². The van der Waals surface area contributed by atoms with Crippen LogP contribution in [0.5, 0.6) is 0 Å². The van der Waals surface area contributed by atoms with Crippen LogP contribution in [0.4, 0.5) is 0 Å². The average Bonchev–Trinajstić information content (AvgIpc) is 2.14. The molecule has 0 radical (unpaired) electrons. The zero-order valence-corrected chi connectivity index (χ0v) is 11.3. The van der Waals surface area contributed by atoms with Gasteiger partial charge in [0.25, 0.3) is 0 Å². The quantitative estimate of drug-likeness (QED) is 0.609. The minimum Gasteiger partial charge on any atom is -0.366 e. The van der Waals surface area contributed by atoms with E-state index in [0.717, 1.165) is 0 Å². The molecule has 0 spiro atoms. The Bertz CT molecular complexity index is 196. The van der Waals surface area contributed by atoms with Gasteiger partial charge in [-0.15, -0.1) is 0 Å². The van der Waals surface area contributed by atoms with E-state index in [2.05, 4.69) is 0 Å². The fourth-order valence-electron chi connectivity index (χ4n) is 1.36. The molecule has 0 amide bonds. The van der Waals surface area contributed by atoms with Gasteiger partial charge in [0.15, 0.2) is 5.85 Å². The molecule has 0 bridgehead atoms. The normalized spacial score (nSPS) is 14.5. The maximum Gasteiger partial charge on any atom is 0.359 e. The van der Waals surface area contributed by atoms with Crippen molar-refractivity contribution in [2.45, 2.75) is 40.5 Å². The first-order chi connectivity index (χ1) is 7.01. The van der Waals surface area contributed by atoms with E-state index < -0.39 is 13.4 Å². The summed E-state index contributed by atoms with van der Waals surface area (Å²) in [5.41, 5.74) is 0. The molecule has 0 aliphatic carbocycles. The Morgan fingerprint density at radius 3 is 1.73 bits per heavy atom. The molecule has 1 unspecified atom stereocenters. The van der Waals surface area contributed by atoms with Crippen molar-refractivity contribution in [3.05, 3.63) is 0 Å². The van der Waals surface area contributed by atoms with E-state index >= 15 is 0 Å². The molecule has 0 rings (SSSR count). The van der Waals surface area contributed by atoms with E-state index in [1.807, 2.05) is 20.8 Å². The minimum atomic E-state index is -3.12. The highest BCUT2D eigenvalue weighted by Crippen LogP contribution is 2.55. The van der Waals surface area contributed by atoms with Crippen molar-refractivity contribution in [2.24, 2.45) is 5.92 Å². The Kier molecular flexibility index (Phi) is 7.45. The number of hydrogen-bond acceptors (Lipinski definition) is 4. The average molecular weight is 238 g/mol. The molecule has 0 heterocycles. The highest BCUT2D eigenvalue weighted by Gasteiger charge is 2.38. The SMILES string of the molecule is CCOC(C(C)C)P(=O)(OCC)OCC. The monoisotopic (exact) mass is 238 g/mol. The van der Waals surface area contributed by atoms with E-state index in [1.165, 1.54) is 0 Å². The van der Waals surface area contributed by atoms with E-state index in [4.69, 9.17) is 13.8 Å². The highest BCUT2D eigenvalue weighted by atomic mass is 31.2. The first-order valence-electron chi connectivity index (χ1n) is 5.52. The molecule has 5 heteroatoms. The summed E-state index contributed by atoms with van der Waals surface area (Å²) < 4.78 is 28.3. The lowest BCUT2D eigenvalue weighted by Gasteiger charge is -2.28. The summed E-state index contributed by atoms with van der Waals surface area (Å²) in [6.07, 6.45) is 0. The Labute approximate surface area is 92.8 Å². The molecule has 0 aromatic rings. The Morgan fingerprint density at radius 1 is 1.00 bits per heavy atom. The van der Waals surface area contributed by atoms with Crippen LogP contribution in [0.1, 0.15) is 34.6 Å². The molecule has 0 fully saturated rings. The molecule has 4 nitrogen and oxygen atoms in total. The molecule has 0 aromatic carbocycles. The van der Waals surface area contributed by atoms with Gasteiger partial charge in [-0.2, -0.15) is 0 Å². The molecule has 15 heavy (non-hydrogen) atoms. The first-order valence-corrected chi connectivity index (χ1v) is 7.13.